The van der Waals surface area contributed by atoms with Gasteiger partial charge in [-0.15, -0.1) is 11.8 Å². The topological polar surface area (TPSA) is 23.6 Å². The van der Waals surface area contributed by atoms with Crippen molar-refractivity contribution in [3.63, 3.8) is 0 Å². The van der Waals surface area contributed by atoms with Crippen LogP contribution in [0.5, 0.6) is 0 Å². The minimum atomic E-state index is 0.106. The van der Waals surface area contributed by atoms with E-state index < -0.39 is 0 Å². The predicted molar refractivity (Wildman–Crippen MR) is 88.1 cm³/mol. The largest absolute Gasteiger partial charge is 0.340 e. The Kier molecular flexibility index (Phi) is 4.27. The van der Waals surface area contributed by atoms with Gasteiger partial charge in [-0.2, -0.15) is 0 Å². The molecule has 0 radical (unpaired) electrons. The zero-order valence-electron chi connectivity index (χ0n) is 12.9. The Morgan fingerprint density at radius 1 is 1.29 bits per heavy atom. The average molecular weight is 304 g/mol. The molecule has 3 nitrogen and oxygen atoms in total. The summed E-state index contributed by atoms with van der Waals surface area (Å²) in [5, 5.41) is 0. The molecule has 2 fully saturated rings. The summed E-state index contributed by atoms with van der Waals surface area (Å²) in [7, 11) is 0. The van der Waals surface area contributed by atoms with Gasteiger partial charge in [-0.1, -0.05) is 44.2 Å². The molecule has 3 rings (SSSR count). The van der Waals surface area contributed by atoms with Crippen molar-refractivity contribution in [1.82, 2.24) is 9.80 Å². The number of carbonyl (C=O) groups is 1. The molecule has 0 aliphatic carbocycles. The highest BCUT2D eigenvalue weighted by molar-refractivity contribution is 8.00. The Balaban J connectivity index is 1.71. The average Bonchev–Trinajstić information content (AvgIpc) is 3.08. The van der Waals surface area contributed by atoms with E-state index in [4.69, 9.17) is 0 Å². The van der Waals surface area contributed by atoms with Crippen LogP contribution in [-0.2, 0) is 11.3 Å². The number of nitrogens with zero attached hydrogens (tertiary/aromatic N) is 2. The fourth-order valence-electron chi connectivity index (χ4n) is 3.36. The lowest BCUT2D eigenvalue weighted by Gasteiger charge is -2.34. The van der Waals surface area contributed by atoms with E-state index in [1.54, 1.807) is 0 Å². The number of likely N-dealkylation sites (tertiary alicyclic amines) is 1. The monoisotopic (exact) mass is 304 g/mol. The van der Waals surface area contributed by atoms with Crippen molar-refractivity contribution in [1.29, 1.82) is 0 Å². The van der Waals surface area contributed by atoms with E-state index in [-0.39, 0.29) is 10.8 Å². The molecular weight excluding hydrogens is 280 g/mol. The summed E-state index contributed by atoms with van der Waals surface area (Å²) in [5.41, 5.74) is 1.37. The first-order valence-electron chi connectivity index (χ1n) is 7.82. The Morgan fingerprint density at radius 2 is 2.05 bits per heavy atom. The molecule has 2 aliphatic heterocycles. The van der Waals surface area contributed by atoms with Crippen LogP contribution in [0.2, 0.25) is 0 Å². The molecule has 21 heavy (non-hydrogen) atoms. The number of rotatable bonds is 3. The van der Waals surface area contributed by atoms with Crippen LogP contribution in [0.25, 0.3) is 0 Å². The predicted octanol–water partition coefficient (Wildman–Crippen LogP) is 2.82. The zero-order chi connectivity index (χ0) is 14.9. The molecule has 0 N–H and O–H groups in total. The van der Waals surface area contributed by atoms with Gasteiger partial charge in [-0.05, 0) is 12.0 Å². The number of hydrogen-bond donors (Lipinski definition) is 0. The molecule has 1 aromatic rings. The molecule has 1 aromatic carbocycles. The third-order valence-electron chi connectivity index (χ3n) is 4.54. The van der Waals surface area contributed by atoms with Gasteiger partial charge in [0.05, 0.1) is 4.87 Å². The van der Waals surface area contributed by atoms with Crippen LogP contribution in [0.1, 0.15) is 25.8 Å². The van der Waals surface area contributed by atoms with E-state index in [0.29, 0.717) is 5.91 Å². The summed E-state index contributed by atoms with van der Waals surface area (Å²) < 4.78 is 0. The summed E-state index contributed by atoms with van der Waals surface area (Å²) in [5.74, 6) is 1.59. The van der Waals surface area contributed by atoms with E-state index in [1.165, 1.54) is 11.3 Å². The minimum absolute atomic E-state index is 0.106. The van der Waals surface area contributed by atoms with E-state index in [9.17, 15) is 4.79 Å². The van der Waals surface area contributed by atoms with E-state index in [2.05, 4.69) is 40.1 Å². The van der Waals surface area contributed by atoms with Crippen LogP contribution in [0, 0.1) is 5.92 Å². The maximum absolute atomic E-state index is 12.2. The van der Waals surface area contributed by atoms with Crippen LogP contribution in [0.3, 0.4) is 0 Å². The first kappa shape index (κ1) is 14.9. The molecular formula is C17H24N2OS. The number of hydrogen-bond acceptors (Lipinski definition) is 3. The molecule has 1 amide bonds. The first-order chi connectivity index (χ1) is 10.1. The van der Waals surface area contributed by atoms with Crippen LogP contribution in [0.4, 0.5) is 0 Å². The van der Waals surface area contributed by atoms with Crippen LogP contribution >= 0.6 is 11.8 Å². The quantitative estimate of drug-likeness (QED) is 0.858. The Hall–Kier alpha value is -1.00. The second-order valence-corrected chi connectivity index (χ2v) is 7.82. The van der Waals surface area contributed by atoms with Crippen molar-refractivity contribution in [2.24, 2.45) is 5.92 Å². The van der Waals surface area contributed by atoms with Crippen molar-refractivity contribution in [3.8, 4) is 0 Å². The molecule has 0 saturated carbocycles. The molecule has 1 spiro atoms. The third-order valence-corrected chi connectivity index (χ3v) is 6.06. The number of thioether (sulfide) groups is 1. The zero-order valence-corrected chi connectivity index (χ0v) is 13.7. The SMILES string of the molecule is CC(C)C(=O)N1CCC2(C1)SCCN2Cc1ccccc1. The highest BCUT2D eigenvalue weighted by Gasteiger charge is 2.47. The van der Waals surface area contributed by atoms with E-state index >= 15 is 0 Å². The van der Waals surface area contributed by atoms with Gasteiger partial charge in [0, 0.05) is 37.8 Å². The maximum Gasteiger partial charge on any atom is 0.225 e. The molecule has 1 unspecified atom stereocenters. The highest BCUT2D eigenvalue weighted by Crippen LogP contribution is 2.44. The van der Waals surface area contributed by atoms with Gasteiger partial charge in [0.1, 0.15) is 0 Å². The second kappa shape index (κ2) is 6.01. The van der Waals surface area contributed by atoms with Gasteiger partial charge in [-0.25, -0.2) is 0 Å². The molecule has 4 heteroatoms. The second-order valence-electron chi connectivity index (χ2n) is 6.37. The number of benzene rings is 1. The van der Waals surface area contributed by atoms with Crippen molar-refractivity contribution in [2.75, 3.05) is 25.4 Å². The Bertz CT molecular complexity index is 505. The van der Waals surface area contributed by atoms with E-state index in [1.807, 2.05) is 25.6 Å². The normalized spacial score (nSPS) is 26.1. The van der Waals surface area contributed by atoms with Crippen molar-refractivity contribution in [2.45, 2.75) is 31.7 Å². The molecule has 0 aromatic heterocycles. The molecule has 2 saturated heterocycles. The Morgan fingerprint density at radius 3 is 2.76 bits per heavy atom. The molecule has 1 atom stereocenters. The summed E-state index contributed by atoms with van der Waals surface area (Å²) in [4.78, 5) is 17.1. The van der Waals surface area contributed by atoms with Gasteiger partial charge in [0.15, 0.2) is 0 Å². The summed E-state index contributed by atoms with van der Waals surface area (Å²) in [6, 6.07) is 10.7. The highest BCUT2D eigenvalue weighted by atomic mass is 32.2. The third kappa shape index (κ3) is 2.97. The summed E-state index contributed by atoms with van der Waals surface area (Å²) in [6.45, 7) is 7.92. The van der Waals surface area contributed by atoms with E-state index in [0.717, 1.165) is 32.6 Å². The van der Waals surface area contributed by atoms with Crippen molar-refractivity contribution in [3.05, 3.63) is 35.9 Å². The minimum Gasteiger partial charge on any atom is -0.340 e. The van der Waals surface area contributed by atoms with Gasteiger partial charge < -0.3 is 4.90 Å². The van der Waals surface area contributed by atoms with Crippen molar-refractivity contribution >= 4 is 17.7 Å². The summed E-state index contributed by atoms with van der Waals surface area (Å²) >= 11 is 2.04. The smallest absolute Gasteiger partial charge is 0.225 e. The fourth-order valence-corrected chi connectivity index (χ4v) is 4.88. The molecule has 2 heterocycles. The molecule has 0 bridgehead atoms. The lowest BCUT2D eigenvalue weighted by molar-refractivity contribution is -0.133. The fraction of sp³-hybridized carbons (Fsp3) is 0.588. The van der Waals surface area contributed by atoms with Gasteiger partial charge in [0.2, 0.25) is 5.91 Å². The first-order valence-corrected chi connectivity index (χ1v) is 8.81. The Labute approximate surface area is 131 Å². The maximum atomic E-state index is 12.2. The summed E-state index contributed by atoms with van der Waals surface area (Å²) in [6.07, 6.45) is 1.10. The lowest BCUT2D eigenvalue weighted by Crippen LogP contribution is -2.45. The van der Waals surface area contributed by atoms with Crippen LogP contribution in [0.15, 0.2) is 30.3 Å². The number of carbonyl (C=O) groups excluding carboxylic acids is 1. The van der Waals surface area contributed by atoms with Gasteiger partial charge in [-0.3, -0.25) is 9.69 Å². The van der Waals surface area contributed by atoms with Crippen molar-refractivity contribution < 1.29 is 4.79 Å². The number of amides is 1. The van der Waals surface area contributed by atoms with Crippen LogP contribution in [-0.4, -0.2) is 46.0 Å². The van der Waals surface area contributed by atoms with Crippen LogP contribution < -0.4 is 0 Å². The standard InChI is InChI=1S/C17H24N2OS/c1-14(2)16(20)18-9-8-17(13-18)19(10-11-21-17)12-15-6-4-3-5-7-15/h3-7,14H,8-13H2,1-2H3. The lowest BCUT2D eigenvalue weighted by atomic mass is 10.1. The van der Waals surface area contributed by atoms with Gasteiger partial charge in [0.25, 0.3) is 0 Å². The van der Waals surface area contributed by atoms with Gasteiger partial charge >= 0.3 is 0 Å². The molecule has 2 aliphatic rings. The molecule has 114 valence electrons.